The minimum atomic E-state index is -4.24. The second-order valence-corrected chi connectivity index (χ2v) is 8.91. The Morgan fingerprint density at radius 2 is 1.96 bits per heavy atom. The number of nitrogens with one attached hydrogen (secondary N) is 2. The van der Waals surface area contributed by atoms with Crippen LogP contribution in [0.5, 0.6) is 0 Å². The molecule has 132 valence electrons. The van der Waals surface area contributed by atoms with Crippen LogP contribution >= 0.6 is 33.9 Å². The molecule has 2 heterocycles. The minimum absolute atomic E-state index is 0.177. The predicted molar refractivity (Wildman–Crippen MR) is 98.7 cm³/mol. The smallest absolute Gasteiger partial charge is 0.381 e. The van der Waals surface area contributed by atoms with Crippen LogP contribution in [0.25, 0.3) is 10.1 Å². The average Bonchev–Trinajstić information content (AvgIpc) is 2.81. The number of hydrogen-bond donors (Lipinski definition) is 2. The molecule has 2 aromatic rings. The topological polar surface area (TPSA) is 24.1 Å². The molecule has 0 aliphatic carbocycles. The Morgan fingerprint density at radius 3 is 2.62 bits per heavy atom. The Bertz CT molecular complexity index is 723. The molecule has 1 aromatic carbocycles. The first kappa shape index (κ1) is 18.2. The molecule has 0 saturated carbocycles. The molecule has 8 heteroatoms. The molecule has 1 fully saturated rings. The molecule has 2 N–H and O–H groups in total. The van der Waals surface area contributed by atoms with E-state index in [0.717, 1.165) is 4.70 Å². The second-order valence-electron chi connectivity index (χ2n) is 6.08. The summed E-state index contributed by atoms with van der Waals surface area (Å²) in [7, 11) is 0. The molecule has 0 spiro atoms. The maximum atomic E-state index is 14.7. The number of thiophene rings is 1. The van der Waals surface area contributed by atoms with Gasteiger partial charge < -0.3 is 10.6 Å². The third kappa shape index (κ3) is 4.13. The zero-order chi connectivity index (χ0) is 17.4. The largest absolute Gasteiger partial charge is 0.393 e. The van der Waals surface area contributed by atoms with Crippen molar-refractivity contribution in [3.05, 3.63) is 26.6 Å². The van der Waals surface area contributed by atoms with Crippen molar-refractivity contribution < 1.29 is 17.6 Å². The molecule has 3 rings (SSSR count). The van der Waals surface area contributed by atoms with Crippen molar-refractivity contribution in [1.29, 1.82) is 0 Å². The molecular formula is C16H17F4IN2S. The zero-order valence-corrected chi connectivity index (χ0v) is 15.7. The normalized spacial score (nSPS) is 18.0. The Balaban J connectivity index is 1.85. The van der Waals surface area contributed by atoms with Crippen LogP contribution in [0.4, 0.5) is 23.2 Å². The summed E-state index contributed by atoms with van der Waals surface area (Å²) >= 11 is 3.27. The van der Waals surface area contributed by atoms with Gasteiger partial charge in [-0.25, -0.2) is 4.39 Å². The molecule has 0 atom stereocenters. The lowest BCUT2D eigenvalue weighted by Gasteiger charge is -2.30. The predicted octanol–water partition coefficient (Wildman–Crippen LogP) is 5.11. The number of fused-ring (bicyclic) bond motifs is 1. The highest BCUT2D eigenvalue weighted by molar-refractivity contribution is 14.1. The Morgan fingerprint density at radius 1 is 1.25 bits per heavy atom. The van der Waals surface area contributed by atoms with Crippen molar-refractivity contribution in [1.82, 2.24) is 5.32 Å². The van der Waals surface area contributed by atoms with Gasteiger partial charge in [0, 0.05) is 6.54 Å². The number of rotatable bonds is 4. The van der Waals surface area contributed by atoms with Gasteiger partial charge in [-0.2, -0.15) is 13.2 Å². The maximum absolute atomic E-state index is 14.7. The lowest BCUT2D eigenvalue weighted by atomic mass is 9.94. The lowest BCUT2D eigenvalue weighted by Crippen LogP contribution is -2.43. The summed E-state index contributed by atoms with van der Waals surface area (Å²) in [6.45, 7) is 1.47. The molecule has 1 saturated heterocycles. The minimum Gasteiger partial charge on any atom is -0.381 e. The number of benzene rings is 1. The number of hydrogen-bond acceptors (Lipinski definition) is 3. The summed E-state index contributed by atoms with van der Waals surface area (Å²) in [4.78, 5) is 0. The highest BCUT2D eigenvalue weighted by atomic mass is 127. The zero-order valence-electron chi connectivity index (χ0n) is 12.8. The van der Waals surface area contributed by atoms with Crippen molar-refractivity contribution in [3.63, 3.8) is 0 Å². The van der Waals surface area contributed by atoms with Crippen LogP contribution in [-0.2, 0) is 6.42 Å². The van der Waals surface area contributed by atoms with Crippen LogP contribution < -0.4 is 10.6 Å². The van der Waals surface area contributed by atoms with Gasteiger partial charge >= 0.3 is 6.18 Å². The summed E-state index contributed by atoms with van der Waals surface area (Å²) in [5, 5.41) is 6.85. The molecule has 2 nitrogen and oxygen atoms in total. The number of halogens is 5. The first-order valence-corrected chi connectivity index (χ1v) is 9.57. The van der Waals surface area contributed by atoms with Gasteiger partial charge in [0.25, 0.3) is 0 Å². The molecule has 0 unspecified atom stereocenters. The first-order chi connectivity index (χ1) is 11.3. The Hall–Kier alpha value is -0.610. The average molecular weight is 472 g/mol. The van der Waals surface area contributed by atoms with E-state index < -0.39 is 18.3 Å². The highest BCUT2D eigenvalue weighted by Gasteiger charge is 2.32. The Kier molecular flexibility index (Phi) is 5.27. The van der Waals surface area contributed by atoms with Crippen molar-refractivity contribution in [2.75, 3.05) is 25.0 Å². The molecule has 0 bridgehead atoms. The molecule has 1 aliphatic rings. The van der Waals surface area contributed by atoms with E-state index >= 15 is 0 Å². The third-order valence-electron chi connectivity index (χ3n) is 4.24. The standard InChI is InChI=1S/C16H17F4IN2S/c17-15(4-6-22-7-5-15)9-23-12-3-1-2-10-11(8-16(18,19)20)14(21)24-13(10)12/h1-3,22-23H,4-9H2. The van der Waals surface area contributed by atoms with Gasteiger partial charge in [0.2, 0.25) is 0 Å². The van der Waals surface area contributed by atoms with E-state index in [0.29, 0.717) is 45.5 Å². The number of piperidine rings is 1. The fraction of sp³-hybridized carbons (Fsp3) is 0.500. The van der Waals surface area contributed by atoms with Crippen molar-refractivity contribution in [3.8, 4) is 0 Å². The lowest BCUT2D eigenvalue weighted by molar-refractivity contribution is -0.127. The van der Waals surface area contributed by atoms with E-state index in [-0.39, 0.29) is 6.54 Å². The van der Waals surface area contributed by atoms with Crippen LogP contribution in [0.1, 0.15) is 18.4 Å². The maximum Gasteiger partial charge on any atom is 0.393 e. The number of alkyl halides is 4. The van der Waals surface area contributed by atoms with Crippen LogP contribution in [-0.4, -0.2) is 31.5 Å². The fourth-order valence-corrected chi connectivity index (χ4v) is 5.13. The van der Waals surface area contributed by atoms with Crippen molar-refractivity contribution >= 4 is 49.7 Å². The van der Waals surface area contributed by atoms with Crippen LogP contribution in [0.2, 0.25) is 0 Å². The molecule has 0 amide bonds. The molecule has 1 aliphatic heterocycles. The summed E-state index contributed by atoms with van der Waals surface area (Å²) in [5.41, 5.74) is -0.255. The van der Waals surface area contributed by atoms with Gasteiger partial charge in [0.05, 0.1) is 19.7 Å². The van der Waals surface area contributed by atoms with E-state index in [1.807, 2.05) is 22.6 Å². The van der Waals surface area contributed by atoms with Crippen LogP contribution in [0.3, 0.4) is 0 Å². The van der Waals surface area contributed by atoms with E-state index in [1.165, 1.54) is 11.3 Å². The van der Waals surface area contributed by atoms with E-state index in [2.05, 4.69) is 10.6 Å². The van der Waals surface area contributed by atoms with E-state index in [4.69, 9.17) is 0 Å². The highest BCUT2D eigenvalue weighted by Crippen LogP contribution is 2.40. The monoisotopic (exact) mass is 472 g/mol. The van der Waals surface area contributed by atoms with Gasteiger partial charge in [-0.1, -0.05) is 12.1 Å². The van der Waals surface area contributed by atoms with Gasteiger partial charge in [-0.15, -0.1) is 11.3 Å². The van der Waals surface area contributed by atoms with Crippen molar-refractivity contribution in [2.45, 2.75) is 31.1 Å². The Labute approximate surface area is 155 Å². The molecule has 0 radical (unpaired) electrons. The van der Waals surface area contributed by atoms with E-state index in [9.17, 15) is 17.6 Å². The summed E-state index contributed by atoms with van der Waals surface area (Å²) in [6, 6.07) is 5.23. The summed E-state index contributed by atoms with van der Waals surface area (Å²) in [5.74, 6) is 0. The number of anilines is 1. The molecular weight excluding hydrogens is 455 g/mol. The van der Waals surface area contributed by atoms with Crippen molar-refractivity contribution in [2.24, 2.45) is 0 Å². The van der Waals surface area contributed by atoms with Gasteiger partial charge in [-0.3, -0.25) is 0 Å². The summed E-state index contributed by atoms with van der Waals surface area (Å²) < 4.78 is 54.5. The van der Waals surface area contributed by atoms with Crippen LogP contribution in [0, 0.1) is 2.88 Å². The second kappa shape index (κ2) is 6.95. The van der Waals surface area contributed by atoms with Crippen LogP contribution in [0.15, 0.2) is 18.2 Å². The molecule has 24 heavy (non-hydrogen) atoms. The van der Waals surface area contributed by atoms with Gasteiger partial charge in [-0.05, 0) is 65.5 Å². The summed E-state index contributed by atoms with van der Waals surface area (Å²) in [6.07, 6.45) is -4.29. The SMILES string of the molecule is FC(F)(F)Cc1c(I)sc2c(NCC3(F)CCNCC3)cccc12. The van der Waals surface area contributed by atoms with Gasteiger partial charge in [0.15, 0.2) is 0 Å². The first-order valence-electron chi connectivity index (χ1n) is 7.68. The third-order valence-corrected chi connectivity index (χ3v) is 6.62. The van der Waals surface area contributed by atoms with Gasteiger partial charge in [0.1, 0.15) is 5.67 Å². The fourth-order valence-electron chi connectivity index (χ4n) is 2.95. The van der Waals surface area contributed by atoms with E-state index in [1.54, 1.807) is 18.2 Å². The molecule has 1 aromatic heterocycles. The quantitative estimate of drug-likeness (QED) is 0.477.